The van der Waals surface area contributed by atoms with Crippen LogP contribution in [-0.4, -0.2) is 23.5 Å². The van der Waals surface area contributed by atoms with E-state index < -0.39 is 10.0 Å². The van der Waals surface area contributed by atoms with Crippen molar-refractivity contribution < 1.29 is 22.0 Å². The topological polar surface area (TPSA) is 107 Å². The minimum Gasteiger partial charge on any atom is -0.467 e. The first kappa shape index (κ1) is 19.6. The van der Waals surface area contributed by atoms with Crippen LogP contribution in [0.4, 0.5) is 0 Å². The van der Waals surface area contributed by atoms with Gasteiger partial charge in [-0.15, -0.1) is 0 Å². The van der Waals surface area contributed by atoms with Crippen molar-refractivity contribution in [1.82, 2.24) is 4.90 Å². The molecule has 10 heteroatoms. The summed E-state index contributed by atoms with van der Waals surface area (Å²) < 4.78 is 34.2. The van der Waals surface area contributed by atoms with Crippen molar-refractivity contribution in [3.05, 3.63) is 71.2 Å². The molecule has 1 aliphatic rings. The van der Waals surface area contributed by atoms with Crippen LogP contribution in [-0.2, 0) is 21.4 Å². The van der Waals surface area contributed by atoms with E-state index in [2.05, 4.69) is 0 Å². The van der Waals surface area contributed by atoms with Gasteiger partial charge in [-0.1, -0.05) is 24.0 Å². The molecule has 1 aromatic carbocycles. The van der Waals surface area contributed by atoms with E-state index in [4.69, 9.17) is 26.2 Å². The Morgan fingerprint density at radius 1 is 1.14 bits per heavy atom. The third-order valence-corrected chi connectivity index (χ3v) is 6.44. The first-order valence-corrected chi connectivity index (χ1v) is 11.1. The lowest BCUT2D eigenvalue weighted by Gasteiger charge is -2.11. The average molecular weight is 447 g/mol. The predicted molar refractivity (Wildman–Crippen MR) is 113 cm³/mol. The number of rotatable bonds is 5. The number of hydrogen-bond acceptors (Lipinski definition) is 7. The normalized spacial score (nSPS) is 16.2. The van der Waals surface area contributed by atoms with Gasteiger partial charge < -0.3 is 8.83 Å². The predicted octanol–water partition coefficient (Wildman–Crippen LogP) is 3.59. The summed E-state index contributed by atoms with van der Waals surface area (Å²) in [7, 11) is -3.75. The third kappa shape index (κ3) is 4.20. The molecule has 148 valence electrons. The molecule has 0 spiro atoms. The fraction of sp³-hybridized carbons (Fsp3) is 0.0526. The fourth-order valence-electron chi connectivity index (χ4n) is 2.72. The van der Waals surface area contributed by atoms with Crippen LogP contribution >= 0.6 is 24.0 Å². The van der Waals surface area contributed by atoms with Crippen LogP contribution in [0.25, 0.3) is 17.4 Å². The Bertz CT molecular complexity index is 1210. The number of sulfonamides is 1. The van der Waals surface area contributed by atoms with Crippen molar-refractivity contribution in [3.63, 3.8) is 0 Å². The minimum absolute atomic E-state index is 0.0215. The van der Waals surface area contributed by atoms with Gasteiger partial charge in [0.15, 0.2) is 0 Å². The van der Waals surface area contributed by atoms with Gasteiger partial charge in [0, 0.05) is 11.6 Å². The highest BCUT2D eigenvalue weighted by molar-refractivity contribution is 8.26. The molecule has 0 unspecified atom stereocenters. The van der Waals surface area contributed by atoms with Crippen LogP contribution in [0, 0.1) is 0 Å². The summed E-state index contributed by atoms with van der Waals surface area (Å²) in [5, 5.41) is 5.11. The summed E-state index contributed by atoms with van der Waals surface area (Å²) in [6.45, 7) is 0.273. The van der Waals surface area contributed by atoms with Crippen molar-refractivity contribution >= 4 is 50.3 Å². The van der Waals surface area contributed by atoms with Gasteiger partial charge in [0.1, 0.15) is 21.6 Å². The molecular weight excluding hydrogens is 432 g/mol. The van der Waals surface area contributed by atoms with Crippen molar-refractivity contribution in [2.24, 2.45) is 5.14 Å². The molecule has 2 N–H and O–H groups in total. The number of nitrogens with two attached hydrogens (primary N) is 1. The zero-order chi connectivity index (χ0) is 20.6. The molecule has 7 nitrogen and oxygen atoms in total. The molecule has 1 aliphatic heterocycles. The molecule has 1 amide bonds. The number of carbonyl (C=O) groups is 1. The van der Waals surface area contributed by atoms with E-state index in [-0.39, 0.29) is 17.3 Å². The number of carbonyl (C=O) groups excluding carboxylic acids is 1. The summed E-state index contributed by atoms with van der Waals surface area (Å²) >= 11 is 6.50. The maximum atomic E-state index is 12.7. The molecule has 2 aromatic heterocycles. The SMILES string of the molecule is NS(=O)(=O)c1ccc(-c2ccc(C=C3SC(=S)N(Cc4ccco4)C3=O)o2)cc1. The number of hydrogen-bond donors (Lipinski definition) is 1. The Morgan fingerprint density at radius 2 is 1.90 bits per heavy atom. The third-order valence-electron chi connectivity index (χ3n) is 4.14. The van der Waals surface area contributed by atoms with Gasteiger partial charge in [0.2, 0.25) is 10.0 Å². The monoisotopic (exact) mass is 446 g/mol. The van der Waals surface area contributed by atoms with Gasteiger partial charge in [-0.3, -0.25) is 9.69 Å². The highest BCUT2D eigenvalue weighted by atomic mass is 32.2. The quantitative estimate of drug-likeness (QED) is 0.471. The molecule has 29 heavy (non-hydrogen) atoms. The molecular formula is C19H14N2O5S3. The second kappa shape index (κ2) is 7.64. The van der Waals surface area contributed by atoms with Gasteiger partial charge in [0.05, 0.1) is 22.6 Å². The molecule has 4 rings (SSSR count). The lowest BCUT2D eigenvalue weighted by molar-refractivity contribution is -0.122. The Kier molecular flexibility index (Phi) is 5.17. The highest BCUT2D eigenvalue weighted by Gasteiger charge is 2.32. The van der Waals surface area contributed by atoms with Crippen molar-refractivity contribution in [2.75, 3.05) is 0 Å². The molecule has 1 saturated heterocycles. The maximum Gasteiger partial charge on any atom is 0.266 e. The number of thiocarbonyl (C=S) groups is 1. The number of furan rings is 2. The van der Waals surface area contributed by atoms with Crippen LogP contribution in [0.5, 0.6) is 0 Å². The Hall–Kier alpha value is -2.66. The smallest absolute Gasteiger partial charge is 0.266 e. The van der Waals surface area contributed by atoms with Gasteiger partial charge in [-0.25, -0.2) is 13.6 Å². The lowest BCUT2D eigenvalue weighted by atomic mass is 10.2. The molecule has 0 radical (unpaired) electrons. The van der Waals surface area contributed by atoms with E-state index in [1.54, 1.807) is 48.7 Å². The van der Waals surface area contributed by atoms with E-state index in [0.29, 0.717) is 32.1 Å². The summed E-state index contributed by atoms with van der Waals surface area (Å²) in [4.78, 5) is 14.6. The molecule has 0 aliphatic carbocycles. The van der Waals surface area contributed by atoms with Gasteiger partial charge in [0.25, 0.3) is 5.91 Å². The second-order valence-corrected chi connectivity index (χ2v) is 9.36. The van der Waals surface area contributed by atoms with Crippen molar-refractivity contribution in [2.45, 2.75) is 11.4 Å². The van der Waals surface area contributed by atoms with Crippen LogP contribution < -0.4 is 5.14 Å². The zero-order valence-corrected chi connectivity index (χ0v) is 17.2. The average Bonchev–Trinajstić information content (AvgIpc) is 3.40. The molecule has 1 fully saturated rings. The number of benzene rings is 1. The molecule has 0 saturated carbocycles. The summed E-state index contributed by atoms with van der Waals surface area (Å²) in [6, 6.07) is 13.0. The van der Waals surface area contributed by atoms with E-state index in [1.807, 2.05) is 0 Å². The van der Waals surface area contributed by atoms with E-state index in [1.165, 1.54) is 28.8 Å². The lowest BCUT2D eigenvalue weighted by Crippen LogP contribution is -2.27. The summed E-state index contributed by atoms with van der Waals surface area (Å²) in [5.41, 5.74) is 0.683. The van der Waals surface area contributed by atoms with Crippen LogP contribution in [0.1, 0.15) is 11.5 Å². The number of nitrogens with zero attached hydrogens (tertiary/aromatic N) is 1. The zero-order valence-electron chi connectivity index (χ0n) is 14.8. The van der Waals surface area contributed by atoms with Gasteiger partial charge in [-0.05, 0) is 48.5 Å². The molecule has 0 atom stereocenters. The first-order valence-electron chi connectivity index (χ1n) is 8.32. The van der Waals surface area contributed by atoms with Crippen LogP contribution in [0.3, 0.4) is 0 Å². The number of thioether (sulfide) groups is 1. The van der Waals surface area contributed by atoms with E-state index >= 15 is 0 Å². The minimum atomic E-state index is -3.75. The van der Waals surface area contributed by atoms with E-state index in [9.17, 15) is 13.2 Å². The van der Waals surface area contributed by atoms with E-state index in [0.717, 1.165) is 0 Å². The number of amides is 1. The van der Waals surface area contributed by atoms with Gasteiger partial charge >= 0.3 is 0 Å². The summed E-state index contributed by atoms with van der Waals surface area (Å²) in [5.74, 6) is 1.44. The van der Waals surface area contributed by atoms with Crippen molar-refractivity contribution in [3.8, 4) is 11.3 Å². The Labute approximate surface area is 176 Å². The van der Waals surface area contributed by atoms with Crippen LogP contribution in [0.15, 0.2) is 73.4 Å². The fourth-order valence-corrected chi connectivity index (χ4v) is 4.47. The second-order valence-electron chi connectivity index (χ2n) is 6.12. The summed E-state index contributed by atoms with van der Waals surface area (Å²) in [6.07, 6.45) is 3.17. The highest BCUT2D eigenvalue weighted by Crippen LogP contribution is 2.34. The standard InChI is InChI=1S/C19H14N2O5S3/c20-29(23,24)15-6-3-12(4-7-15)16-8-5-13(26-16)10-17-18(22)21(19(27)28-17)11-14-2-1-9-25-14/h1-10H,11H2,(H2,20,23,24). The van der Waals surface area contributed by atoms with Crippen molar-refractivity contribution in [1.29, 1.82) is 0 Å². The first-order chi connectivity index (χ1) is 13.8. The Balaban J connectivity index is 1.53. The van der Waals surface area contributed by atoms with Gasteiger partial charge in [-0.2, -0.15) is 0 Å². The van der Waals surface area contributed by atoms with Crippen LogP contribution in [0.2, 0.25) is 0 Å². The maximum absolute atomic E-state index is 12.7. The molecule has 0 bridgehead atoms. The Morgan fingerprint density at radius 3 is 2.55 bits per heavy atom. The number of primary sulfonamides is 1. The molecule has 3 aromatic rings. The largest absolute Gasteiger partial charge is 0.467 e. The molecule has 3 heterocycles.